The molecule has 0 N–H and O–H groups in total. The van der Waals surface area contributed by atoms with Gasteiger partial charge >= 0.3 is 6.18 Å². The van der Waals surface area contributed by atoms with Gasteiger partial charge in [-0.3, -0.25) is 4.79 Å². The molecule has 3 heterocycles. The summed E-state index contributed by atoms with van der Waals surface area (Å²) in [5, 5.41) is 0. The van der Waals surface area contributed by atoms with E-state index in [4.69, 9.17) is 18.9 Å². The van der Waals surface area contributed by atoms with Crippen LogP contribution in [0.3, 0.4) is 0 Å². The normalized spacial score (nSPS) is 18.5. The fourth-order valence-corrected chi connectivity index (χ4v) is 3.72. The van der Waals surface area contributed by atoms with Crippen LogP contribution >= 0.6 is 0 Å². The quantitative estimate of drug-likeness (QED) is 0.737. The van der Waals surface area contributed by atoms with E-state index in [1.165, 1.54) is 12.1 Å². The van der Waals surface area contributed by atoms with Crippen molar-refractivity contribution in [2.75, 3.05) is 33.0 Å². The van der Waals surface area contributed by atoms with Crippen LogP contribution in [0.15, 0.2) is 29.1 Å². The van der Waals surface area contributed by atoms with Crippen LogP contribution in [0.4, 0.5) is 13.2 Å². The molecule has 1 unspecified atom stereocenters. The molecule has 4 rings (SSSR count). The first-order chi connectivity index (χ1) is 14.3. The van der Waals surface area contributed by atoms with E-state index in [0.29, 0.717) is 49.9 Å². The van der Waals surface area contributed by atoms with Crippen molar-refractivity contribution in [3.8, 4) is 22.9 Å². The second-order valence-electron chi connectivity index (χ2n) is 7.32. The number of nitrogens with zero attached hydrogens (tertiary/aromatic N) is 1. The minimum Gasteiger partial charge on any atom is -0.484 e. The summed E-state index contributed by atoms with van der Waals surface area (Å²) in [4.78, 5) is 12.6. The van der Waals surface area contributed by atoms with Crippen LogP contribution in [0.5, 0.6) is 11.6 Å². The molecule has 162 valence electrons. The van der Waals surface area contributed by atoms with Crippen molar-refractivity contribution in [1.82, 2.24) is 4.57 Å². The van der Waals surface area contributed by atoms with Crippen molar-refractivity contribution in [3.63, 3.8) is 0 Å². The maximum Gasteiger partial charge on any atom is 0.422 e. The summed E-state index contributed by atoms with van der Waals surface area (Å²) in [6.45, 7) is 2.69. The van der Waals surface area contributed by atoms with E-state index in [0.717, 1.165) is 11.1 Å². The van der Waals surface area contributed by atoms with Gasteiger partial charge in [-0.05, 0) is 37.1 Å². The van der Waals surface area contributed by atoms with Crippen molar-refractivity contribution >= 4 is 0 Å². The minimum absolute atomic E-state index is 0.154. The number of aromatic nitrogens is 1. The monoisotopic (exact) mass is 425 g/mol. The summed E-state index contributed by atoms with van der Waals surface area (Å²) in [7, 11) is 0. The van der Waals surface area contributed by atoms with E-state index in [9.17, 15) is 18.0 Å². The number of rotatable bonds is 5. The first-order valence-electron chi connectivity index (χ1n) is 9.71. The summed E-state index contributed by atoms with van der Waals surface area (Å²) in [6.07, 6.45) is -4.02. The molecule has 30 heavy (non-hydrogen) atoms. The average Bonchev–Trinajstić information content (AvgIpc) is 2.73. The highest BCUT2D eigenvalue weighted by atomic mass is 19.4. The lowest BCUT2D eigenvalue weighted by molar-refractivity contribution is -0.153. The first-order valence-corrected chi connectivity index (χ1v) is 9.71. The predicted octanol–water partition coefficient (Wildman–Crippen LogP) is 3.12. The maximum atomic E-state index is 12.6. The Hall–Kier alpha value is -2.52. The molecule has 2 aromatic rings. The number of fused-ring (bicyclic) bond motifs is 3. The third-order valence-electron chi connectivity index (χ3n) is 5.16. The summed E-state index contributed by atoms with van der Waals surface area (Å²) in [5.74, 6) is 0.596. The van der Waals surface area contributed by atoms with E-state index >= 15 is 0 Å². The van der Waals surface area contributed by atoms with Gasteiger partial charge < -0.3 is 23.5 Å². The van der Waals surface area contributed by atoms with Crippen LogP contribution in [0, 0.1) is 6.92 Å². The molecular weight excluding hydrogens is 403 g/mol. The third-order valence-corrected chi connectivity index (χ3v) is 5.16. The van der Waals surface area contributed by atoms with E-state index in [-0.39, 0.29) is 23.9 Å². The highest BCUT2D eigenvalue weighted by Gasteiger charge is 2.29. The van der Waals surface area contributed by atoms with Crippen LogP contribution in [0.2, 0.25) is 0 Å². The molecule has 0 amide bonds. The second kappa shape index (κ2) is 8.31. The van der Waals surface area contributed by atoms with Crippen molar-refractivity contribution in [2.45, 2.75) is 32.2 Å². The van der Waals surface area contributed by atoms with E-state index in [2.05, 4.69) is 0 Å². The van der Waals surface area contributed by atoms with Gasteiger partial charge in [0.25, 0.3) is 0 Å². The highest BCUT2D eigenvalue weighted by Crippen LogP contribution is 2.36. The van der Waals surface area contributed by atoms with Gasteiger partial charge in [0, 0.05) is 23.7 Å². The fourth-order valence-electron chi connectivity index (χ4n) is 3.72. The highest BCUT2D eigenvalue weighted by molar-refractivity contribution is 5.70. The molecule has 0 bridgehead atoms. The van der Waals surface area contributed by atoms with Crippen LogP contribution in [-0.4, -0.2) is 49.9 Å². The number of benzene rings is 1. The number of halogens is 3. The zero-order valence-corrected chi connectivity index (χ0v) is 16.5. The molecule has 0 aliphatic carbocycles. The number of hydrogen-bond acceptors (Lipinski definition) is 5. The summed E-state index contributed by atoms with van der Waals surface area (Å²) >= 11 is 0. The van der Waals surface area contributed by atoms with Gasteiger partial charge in [-0.1, -0.05) is 0 Å². The zero-order chi connectivity index (χ0) is 21.3. The molecule has 1 aromatic heterocycles. The van der Waals surface area contributed by atoms with E-state index in [1.54, 1.807) is 19.1 Å². The van der Waals surface area contributed by atoms with E-state index in [1.807, 2.05) is 4.57 Å². The molecule has 2 aliphatic rings. The molecule has 1 aromatic carbocycles. The van der Waals surface area contributed by atoms with Crippen molar-refractivity contribution in [3.05, 3.63) is 45.6 Å². The third kappa shape index (κ3) is 4.46. The fraction of sp³-hybridized carbons (Fsp3) is 0.476. The SMILES string of the molecule is Cc1c2n(c(OCC3COCCO3)cc1=O)CCc1cc(OCC(F)(F)F)ccc1-2. The number of aryl methyl sites for hydroxylation is 1. The summed E-state index contributed by atoms with van der Waals surface area (Å²) in [6, 6.07) is 6.26. The molecule has 0 saturated carbocycles. The Labute approximate surface area is 171 Å². The largest absolute Gasteiger partial charge is 0.484 e. The lowest BCUT2D eigenvalue weighted by atomic mass is 9.94. The standard InChI is InChI=1S/C21H22F3NO5/c1-13-18(26)9-19(29-11-16-10-27-6-7-28-16)25-5-4-14-8-15(30-12-21(22,23)24)2-3-17(14)20(13)25/h2-3,8-9,16H,4-7,10-12H2,1H3. The van der Waals surface area contributed by atoms with Gasteiger partial charge in [-0.2, -0.15) is 13.2 Å². The molecule has 0 radical (unpaired) electrons. The van der Waals surface area contributed by atoms with Crippen molar-refractivity contribution in [2.24, 2.45) is 0 Å². The Morgan fingerprint density at radius 3 is 2.77 bits per heavy atom. The smallest absolute Gasteiger partial charge is 0.422 e. The number of pyridine rings is 1. The number of ether oxygens (including phenoxy) is 4. The number of hydrogen-bond donors (Lipinski definition) is 0. The lowest BCUT2D eigenvalue weighted by Crippen LogP contribution is -2.34. The zero-order valence-electron chi connectivity index (χ0n) is 16.5. The minimum atomic E-state index is -4.40. The Kier molecular flexibility index (Phi) is 5.75. The maximum absolute atomic E-state index is 12.6. The van der Waals surface area contributed by atoms with Crippen molar-refractivity contribution in [1.29, 1.82) is 0 Å². The van der Waals surface area contributed by atoms with Crippen molar-refractivity contribution < 1.29 is 32.1 Å². The Morgan fingerprint density at radius 1 is 1.20 bits per heavy atom. The molecule has 6 nitrogen and oxygen atoms in total. The Bertz CT molecular complexity index is 980. The molecule has 2 aliphatic heterocycles. The molecule has 1 saturated heterocycles. The molecule has 9 heteroatoms. The van der Waals surface area contributed by atoms with Gasteiger partial charge in [-0.15, -0.1) is 0 Å². The van der Waals surface area contributed by atoms with Gasteiger partial charge in [0.1, 0.15) is 18.5 Å². The second-order valence-corrected chi connectivity index (χ2v) is 7.32. The van der Waals surface area contributed by atoms with Gasteiger partial charge in [0.2, 0.25) is 0 Å². The lowest BCUT2D eigenvalue weighted by Gasteiger charge is -2.28. The molecular formula is C21H22F3NO5. The van der Waals surface area contributed by atoms with Gasteiger partial charge in [-0.25, -0.2) is 0 Å². The van der Waals surface area contributed by atoms with Gasteiger partial charge in [0.15, 0.2) is 17.9 Å². The van der Waals surface area contributed by atoms with Gasteiger partial charge in [0.05, 0.1) is 25.5 Å². The summed E-state index contributed by atoms with van der Waals surface area (Å²) < 4.78 is 60.9. The average molecular weight is 425 g/mol. The Morgan fingerprint density at radius 2 is 2.03 bits per heavy atom. The van der Waals surface area contributed by atoms with Crippen LogP contribution in [0.25, 0.3) is 11.3 Å². The van der Waals surface area contributed by atoms with Crippen LogP contribution in [-0.2, 0) is 22.4 Å². The first kappa shape index (κ1) is 20.7. The Balaban J connectivity index is 1.61. The van der Waals surface area contributed by atoms with E-state index < -0.39 is 12.8 Å². The molecule has 0 spiro atoms. The van der Waals surface area contributed by atoms with Crippen LogP contribution < -0.4 is 14.9 Å². The predicted molar refractivity (Wildman–Crippen MR) is 102 cm³/mol. The van der Waals surface area contributed by atoms with Crippen LogP contribution in [0.1, 0.15) is 11.1 Å². The topological polar surface area (TPSA) is 58.9 Å². The molecule has 1 atom stereocenters. The molecule has 1 fully saturated rings. The summed E-state index contributed by atoms with van der Waals surface area (Å²) in [5.41, 5.74) is 2.73. The number of alkyl halides is 3.